The topological polar surface area (TPSA) is 41.1 Å². The number of carbonyl (C=O) groups is 1. The van der Waals surface area contributed by atoms with E-state index in [0.29, 0.717) is 10.7 Å². The molecular weight excluding hydrogens is 302 g/mol. The number of anilines is 2. The molecule has 2 aromatic rings. The highest BCUT2D eigenvalue weighted by Crippen LogP contribution is 2.30. The fraction of sp³-hybridized carbons (Fsp3) is 0.0714. The molecule has 0 saturated heterocycles. The van der Waals surface area contributed by atoms with E-state index in [9.17, 15) is 9.18 Å². The Morgan fingerprint density at radius 1 is 1.15 bits per heavy atom. The summed E-state index contributed by atoms with van der Waals surface area (Å²) >= 11 is 11.9. The number of para-hydroxylation sites is 1. The average molecular weight is 313 g/mol. The summed E-state index contributed by atoms with van der Waals surface area (Å²) in [7, 11) is 1.54. The molecule has 0 saturated carbocycles. The van der Waals surface area contributed by atoms with Gasteiger partial charge in [-0.3, -0.25) is 4.79 Å². The van der Waals surface area contributed by atoms with Gasteiger partial charge < -0.3 is 10.6 Å². The summed E-state index contributed by atoms with van der Waals surface area (Å²) in [6.45, 7) is 0. The Bertz CT molecular complexity index is 662. The molecule has 0 fully saturated rings. The van der Waals surface area contributed by atoms with Gasteiger partial charge in [0, 0.05) is 7.05 Å². The van der Waals surface area contributed by atoms with Crippen molar-refractivity contribution in [2.45, 2.75) is 0 Å². The molecule has 0 aliphatic rings. The first-order valence-electron chi connectivity index (χ1n) is 5.76. The van der Waals surface area contributed by atoms with Gasteiger partial charge in [0.05, 0.1) is 27.0 Å². The van der Waals surface area contributed by atoms with Gasteiger partial charge in [-0.1, -0.05) is 35.3 Å². The number of halogens is 3. The molecule has 0 atom stereocenters. The van der Waals surface area contributed by atoms with Gasteiger partial charge >= 0.3 is 0 Å². The number of rotatable bonds is 3. The van der Waals surface area contributed by atoms with E-state index in [2.05, 4.69) is 10.6 Å². The summed E-state index contributed by atoms with van der Waals surface area (Å²) in [4.78, 5) is 12.2. The molecule has 2 aromatic carbocycles. The lowest BCUT2D eigenvalue weighted by molar-refractivity contribution is 0.102. The van der Waals surface area contributed by atoms with Crippen LogP contribution in [0.15, 0.2) is 36.4 Å². The van der Waals surface area contributed by atoms with Crippen molar-refractivity contribution < 1.29 is 9.18 Å². The van der Waals surface area contributed by atoms with Crippen LogP contribution in [0.25, 0.3) is 0 Å². The molecule has 2 N–H and O–H groups in total. The van der Waals surface area contributed by atoms with Crippen LogP contribution in [0.2, 0.25) is 10.0 Å². The Balaban J connectivity index is 2.34. The van der Waals surface area contributed by atoms with Crippen molar-refractivity contribution in [2.24, 2.45) is 0 Å². The van der Waals surface area contributed by atoms with Crippen LogP contribution in [-0.2, 0) is 0 Å². The Morgan fingerprint density at radius 3 is 2.55 bits per heavy atom. The maximum Gasteiger partial charge on any atom is 0.257 e. The van der Waals surface area contributed by atoms with Crippen LogP contribution in [-0.4, -0.2) is 13.0 Å². The highest BCUT2D eigenvalue weighted by Gasteiger charge is 2.15. The van der Waals surface area contributed by atoms with E-state index in [4.69, 9.17) is 23.2 Å². The lowest BCUT2D eigenvalue weighted by atomic mass is 10.1. The molecule has 0 bridgehead atoms. The van der Waals surface area contributed by atoms with Gasteiger partial charge in [-0.25, -0.2) is 4.39 Å². The maximum atomic E-state index is 13.6. The maximum absolute atomic E-state index is 13.6. The summed E-state index contributed by atoms with van der Waals surface area (Å²) in [5, 5.41) is 5.84. The van der Waals surface area contributed by atoms with Crippen molar-refractivity contribution in [2.75, 3.05) is 17.7 Å². The summed E-state index contributed by atoms with van der Waals surface area (Å²) in [5.41, 5.74) is 0.683. The van der Waals surface area contributed by atoms with Gasteiger partial charge in [0.15, 0.2) is 0 Å². The molecule has 0 aliphatic heterocycles. The predicted molar refractivity (Wildman–Crippen MR) is 80.4 cm³/mol. The Morgan fingerprint density at radius 2 is 1.85 bits per heavy atom. The molecule has 104 valence electrons. The van der Waals surface area contributed by atoms with Crippen molar-refractivity contribution in [3.63, 3.8) is 0 Å². The standard InChI is InChI=1S/C14H11Cl2FN2O/c1-18-13-8(4-2-6-10(13)17)14(20)19-11-7-3-5-9(15)12(11)16/h2-7,18H,1H3,(H,19,20). The Hall–Kier alpha value is -1.78. The average Bonchev–Trinajstić information content (AvgIpc) is 2.43. The zero-order valence-electron chi connectivity index (χ0n) is 10.5. The van der Waals surface area contributed by atoms with Crippen LogP contribution in [0.4, 0.5) is 15.8 Å². The fourth-order valence-electron chi connectivity index (χ4n) is 1.76. The van der Waals surface area contributed by atoms with E-state index in [-0.39, 0.29) is 16.3 Å². The van der Waals surface area contributed by atoms with Crippen LogP contribution in [0.1, 0.15) is 10.4 Å². The molecule has 6 heteroatoms. The van der Waals surface area contributed by atoms with E-state index in [1.807, 2.05) is 0 Å². The first-order chi connectivity index (χ1) is 9.54. The first-order valence-corrected chi connectivity index (χ1v) is 6.52. The fourth-order valence-corrected chi connectivity index (χ4v) is 2.11. The van der Waals surface area contributed by atoms with Crippen LogP contribution in [0, 0.1) is 5.82 Å². The number of hydrogen-bond donors (Lipinski definition) is 2. The molecule has 1 amide bonds. The van der Waals surface area contributed by atoms with E-state index >= 15 is 0 Å². The molecule has 3 nitrogen and oxygen atoms in total. The molecule has 0 spiro atoms. The minimum atomic E-state index is -0.502. The highest BCUT2D eigenvalue weighted by molar-refractivity contribution is 6.44. The zero-order chi connectivity index (χ0) is 14.7. The highest BCUT2D eigenvalue weighted by atomic mass is 35.5. The SMILES string of the molecule is CNc1c(F)cccc1C(=O)Nc1cccc(Cl)c1Cl. The summed E-state index contributed by atoms with van der Waals surface area (Å²) < 4.78 is 13.6. The van der Waals surface area contributed by atoms with Gasteiger partial charge in [0.2, 0.25) is 0 Å². The largest absolute Gasteiger partial charge is 0.385 e. The van der Waals surface area contributed by atoms with Gasteiger partial charge in [0.1, 0.15) is 5.82 Å². The number of carbonyl (C=O) groups excluding carboxylic acids is 1. The molecule has 20 heavy (non-hydrogen) atoms. The minimum Gasteiger partial charge on any atom is -0.385 e. The van der Waals surface area contributed by atoms with Gasteiger partial charge in [0.25, 0.3) is 5.91 Å². The van der Waals surface area contributed by atoms with E-state index in [1.165, 1.54) is 18.2 Å². The summed E-state index contributed by atoms with van der Waals surface area (Å²) in [5.74, 6) is -0.977. The van der Waals surface area contributed by atoms with Crippen molar-refractivity contribution in [1.82, 2.24) is 0 Å². The number of benzene rings is 2. The minimum absolute atomic E-state index is 0.128. The third kappa shape index (κ3) is 2.86. The van der Waals surface area contributed by atoms with Gasteiger partial charge in [-0.2, -0.15) is 0 Å². The normalized spacial score (nSPS) is 10.2. The molecule has 2 rings (SSSR count). The second kappa shape index (κ2) is 6.11. The van der Waals surface area contributed by atoms with Crippen LogP contribution in [0.3, 0.4) is 0 Å². The zero-order valence-corrected chi connectivity index (χ0v) is 12.0. The molecular formula is C14H11Cl2FN2O. The summed E-state index contributed by atoms with van der Waals surface area (Å²) in [6.07, 6.45) is 0. The molecule has 0 aliphatic carbocycles. The van der Waals surface area contributed by atoms with Crippen LogP contribution in [0.5, 0.6) is 0 Å². The van der Waals surface area contributed by atoms with Crippen LogP contribution < -0.4 is 10.6 Å². The second-order valence-corrected chi connectivity index (χ2v) is 4.75. The van der Waals surface area contributed by atoms with E-state index in [0.717, 1.165) is 0 Å². The molecule has 0 aromatic heterocycles. The summed E-state index contributed by atoms with van der Waals surface area (Å²) in [6, 6.07) is 9.14. The van der Waals surface area contributed by atoms with Gasteiger partial charge in [-0.05, 0) is 24.3 Å². The first kappa shape index (κ1) is 14.6. The van der Waals surface area contributed by atoms with E-state index in [1.54, 1.807) is 25.2 Å². The second-order valence-electron chi connectivity index (χ2n) is 3.97. The van der Waals surface area contributed by atoms with Crippen molar-refractivity contribution in [3.05, 3.63) is 57.8 Å². The number of hydrogen-bond acceptors (Lipinski definition) is 2. The molecule has 0 unspecified atom stereocenters. The quantitative estimate of drug-likeness (QED) is 0.880. The lowest BCUT2D eigenvalue weighted by Crippen LogP contribution is -2.15. The third-order valence-electron chi connectivity index (χ3n) is 2.71. The Labute approximate surface area is 125 Å². The third-order valence-corrected chi connectivity index (χ3v) is 3.53. The molecule has 0 heterocycles. The van der Waals surface area contributed by atoms with Crippen molar-refractivity contribution >= 4 is 40.5 Å². The number of amides is 1. The smallest absolute Gasteiger partial charge is 0.257 e. The number of nitrogens with one attached hydrogen (secondary N) is 2. The molecule has 0 radical (unpaired) electrons. The lowest BCUT2D eigenvalue weighted by Gasteiger charge is -2.12. The predicted octanol–water partition coefficient (Wildman–Crippen LogP) is 4.43. The van der Waals surface area contributed by atoms with Crippen molar-refractivity contribution in [3.8, 4) is 0 Å². The van der Waals surface area contributed by atoms with Crippen molar-refractivity contribution in [1.29, 1.82) is 0 Å². The monoisotopic (exact) mass is 312 g/mol. The Kier molecular flexibility index (Phi) is 4.47. The van der Waals surface area contributed by atoms with Crippen LogP contribution >= 0.6 is 23.2 Å². The van der Waals surface area contributed by atoms with E-state index < -0.39 is 11.7 Å². The van der Waals surface area contributed by atoms with Gasteiger partial charge in [-0.15, -0.1) is 0 Å².